The van der Waals surface area contributed by atoms with Crippen molar-refractivity contribution in [3.05, 3.63) is 22.7 Å². The van der Waals surface area contributed by atoms with Crippen molar-refractivity contribution in [3.8, 4) is 11.5 Å². The van der Waals surface area contributed by atoms with Gasteiger partial charge in [-0.25, -0.2) is 0 Å². The van der Waals surface area contributed by atoms with Gasteiger partial charge in [0.25, 0.3) is 0 Å². The lowest BCUT2D eigenvalue weighted by atomic mass is 10.1. The minimum atomic E-state index is -0.424. The van der Waals surface area contributed by atoms with Crippen LogP contribution in [0.3, 0.4) is 0 Å². The van der Waals surface area contributed by atoms with Gasteiger partial charge in [0.2, 0.25) is 0 Å². The topological polar surface area (TPSA) is 60.8 Å². The van der Waals surface area contributed by atoms with Crippen LogP contribution in [0.1, 0.15) is 36.0 Å². The highest BCUT2D eigenvalue weighted by Crippen LogP contribution is 2.35. The number of phenols is 2. The zero-order valence-corrected chi connectivity index (χ0v) is 11.5. The molecule has 0 spiro atoms. The van der Waals surface area contributed by atoms with E-state index < -0.39 is 5.75 Å². The number of halogens is 1. The van der Waals surface area contributed by atoms with Gasteiger partial charge in [0.15, 0.2) is 17.3 Å². The summed E-state index contributed by atoms with van der Waals surface area (Å²) in [5, 5.41) is 18.7. The lowest BCUT2D eigenvalue weighted by Crippen LogP contribution is -2.21. The van der Waals surface area contributed by atoms with Gasteiger partial charge in [0.05, 0.1) is 5.02 Å². The van der Waals surface area contributed by atoms with E-state index in [1.165, 1.54) is 25.0 Å². The van der Waals surface area contributed by atoms with Gasteiger partial charge >= 0.3 is 0 Å². The fourth-order valence-corrected chi connectivity index (χ4v) is 2.64. The smallest absolute Gasteiger partial charge is 0.177 e. The number of Topliss-reactive ketones (excluding diaryl/α,β-unsaturated/α-hetero) is 1. The van der Waals surface area contributed by atoms with E-state index in [9.17, 15) is 15.0 Å². The van der Waals surface area contributed by atoms with E-state index in [4.69, 9.17) is 11.6 Å². The van der Waals surface area contributed by atoms with Crippen molar-refractivity contribution >= 4 is 17.4 Å². The first-order valence-electron chi connectivity index (χ1n) is 6.55. The number of rotatable bonds is 5. The molecule has 1 aliphatic rings. The van der Waals surface area contributed by atoms with Crippen molar-refractivity contribution in [2.24, 2.45) is 0 Å². The number of hydrogen-bond acceptors (Lipinski definition) is 4. The molecule has 0 aliphatic carbocycles. The fraction of sp³-hybridized carbons (Fsp3) is 0.500. The summed E-state index contributed by atoms with van der Waals surface area (Å²) < 4.78 is 0. The second-order valence-corrected chi connectivity index (χ2v) is 5.25. The number of ketones is 1. The maximum absolute atomic E-state index is 12.0. The Morgan fingerprint density at radius 1 is 1.26 bits per heavy atom. The highest BCUT2D eigenvalue weighted by molar-refractivity contribution is 6.35. The standard InChI is InChI=1S/C14H18ClNO3/c15-13-10(5-6-12(18)14(13)19)11(17)4-3-9-16-7-1-2-8-16/h5-6,18-19H,1-4,7-9H2. The van der Waals surface area contributed by atoms with Crippen molar-refractivity contribution in [1.82, 2.24) is 4.90 Å². The molecule has 0 saturated carbocycles. The SMILES string of the molecule is O=C(CCCN1CCCC1)c1ccc(O)c(O)c1Cl. The first-order valence-corrected chi connectivity index (χ1v) is 6.93. The Hall–Kier alpha value is -1.26. The molecule has 5 heteroatoms. The molecule has 0 atom stereocenters. The lowest BCUT2D eigenvalue weighted by Gasteiger charge is -2.13. The molecule has 0 aromatic heterocycles. The van der Waals surface area contributed by atoms with Gasteiger partial charge in [-0.05, 0) is 51.0 Å². The molecular weight excluding hydrogens is 266 g/mol. The summed E-state index contributed by atoms with van der Waals surface area (Å²) in [6, 6.07) is 2.74. The van der Waals surface area contributed by atoms with Crippen LogP contribution >= 0.6 is 11.6 Å². The molecule has 2 N–H and O–H groups in total. The Kier molecular flexibility index (Phi) is 4.66. The number of hydrogen-bond donors (Lipinski definition) is 2. The summed E-state index contributed by atoms with van der Waals surface area (Å²) in [6.07, 6.45) is 3.68. The number of likely N-dealkylation sites (tertiary alicyclic amines) is 1. The summed E-state index contributed by atoms with van der Waals surface area (Å²) >= 11 is 5.86. The molecule has 0 unspecified atom stereocenters. The average molecular weight is 284 g/mol. The van der Waals surface area contributed by atoms with Crippen molar-refractivity contribution in [2.75, 3.05) is 19.6 Å². The van der Waals surface area contributed by atoms with Crippen molar-refractivity contribution in [3.63, 3.8) is 0 Å². The molecule has 104 valence electrons. The maximum atomic E-state index is 12.0. The minimum Gasteiger partial charge on any atom is -0.504 e. The summed E-state index contributed by atoms with van der Waals surface area (Å²) in [5.41, 5.74) is 0.276. The van der Waals surface area contributed by atoms with Gasteiger partial charge in [-0.1, -0.05) is 11.6 Å². The van der Waals surface area contributed by atoms with Crippen LogP contribution in [0.5, 0.6) is 11.5 Å². The van der Waals surface area contributed by atoms with Gasteiger partial charge in [-0.2, -0.15) is 0 Å². The Morgan fingerprint density at radius 3 is 2.63 bits per heavy atom. The molecule has 1 saturated heterocycles. The molecule has 19 heavy (non-hydrogen) atoms. The third-order valence-electron chi connectivity index (χ3n) is 3.47. The van der Waals surface area contributed by atoms with Crippen LogP contribution in [-0.2, 0) is 0 Å². The summed E-state index contributed by atoms with van der Waals surface area (Å²) in [5.74, 6) is -0.829. The van der Waals surface area contributed by atoms with E-state index in [1.54, 1.807) is 0 Å². The molecule has 0 bridgehead atoms. The molecule has 4 nitrogen and oxygen atoms in total. The molecule has 0 amide bonds. The zero-order valence-electron chi connectivity index (χ0n) is 10.7. The van der Waals surface area contributed by atoms with Crippen LogP contribution < -0.4 is 0 Å². The van der Waals surface area contributed by atoms with Gasteiger partial charge in [0.1, 0.15) is 0 Å². The molecule has 1 heterocycles. The zero-order chi connectivity index (χ0) is 13.8. The number of carbonyl (C=O) groups is 1. The Morgan fingerprint density at radius 2 is 1.95 bits per heavy atom. The molecule has 1 fully saturated rings. The largest absolute Gasteiger partial charge is 0.504 e. The Balaban J connectivity index is 1.90. The first-order chi connectivity index (χ1) is 9.09. The first kappa shape index (κ1) is 14.2. The van der Waals surface area contributed by atoms with Crippen LogP contribution in [0.15, 0.2) is 12.1 Å². The number of carbonyl (C=O) groups excluding carboxylic acids is 1. The minimum absolute atomic E-state index is 0.0637. The summed E-state index contributed by atoms with van der Waals surface area (Å²) in [7, 11) is 0. The Labute approximate surface area is 117 Å². The van der Waals surface area contributed by atoms with Crippen molar-refractivity contribution in [2.45, 2.75) is 25.7 Å². The van der Waals surface area contributed by atoms with Gasteiger partial charge < -0.3 is 15.1 Å². The van der Waals surface area contributed by atoms with Crippen LogP contribution in [0.4, 0.5) is 0 Å². The van der Waals surface area contributed by atoms with E-state index >= 15 is 0 Å². The van der Waals surface area contributed by atoms with Crippen LogP contribution in [0.25, 0.3) is 0 Å². The number of phenolic OH excluding ortho intramolecular Hbond substituents is 2. The number of benzene rings is 1. The van der Waals surface area contributed by atoms with Gasteiger partial charge in [-0.15, -0.1) is 0 Å². The molecule has 2 rings (SSSR count). The quantitative estimate of drug-likeness (QED) is 0.644. The van der Waals surface area contributed by atoms with E-state index in [2.05, 4.69) is 4.90 Å². The predicted molar refractivity (Wildman–Crippen MR) is 74.0 cm³/mol. The lowest BCUT2D eigenvalue weighted by molar-refractivity contribution is 0.0976. The predicted octanol–water partition coefficient (Wildman–Crippen LogP) is 2.81. The summed E-state index contributed by atoms with van der Waals surface area (Å²) in [4.78, 5) is 14.4. The van der Waals surface area contributed by atoms with Crippen molar-refractivity contribution < 1.29 is 15.0 Å². The number of aromatic hydroxyl groups is 2. The highest BCUT2D eigenvalue weighted by Gasteiger charge is 2.17. The van der Waals surface area contributed by atoms with E-state index in [0.29, 0.717) is 6.42 Å². The molecule has 1 aromatic carbocycles. The van der Waals surface area contributed by atoms with E-state index in [0.717, 1.165) is 26.1 Å². The van der Waals surface area contributed by atoms with E-state index in [-0.39, 0.29) is 22.1 Å². The molecule has 0 radical (unpaired) electrons. The maximum Gasteiger partial charge on any atom is 0.177 e. The second-order valence-electron chi connectivity index (χ2n) is 4.87. The van der Waals surface area contributed by atoms with Crippen LogP contribution in [0.2, 0.25) is 5.02 Å². The van der Waals surface area contributed by atoms with Crippen LogP contribution in [0, 0.1) is 0 Å². The van der Waals surface area contributed by atoms with Gasteiger partial charge in [-0.3, -0.25) is 4.79 Å². The molecule has 1 aliphatic heterocycles. The van der Waals surface area contributed by atoms with Gasteiger partial charge in [0, 0.05) is 12.0 Å². The normalized spacial score (nSPS) is 15.8. The number of nitrogens with zero attached hydrogens (tertiary/aromatic N) is 1. The third-order valence-corrected chi connectivity index (χ3v) is 3.85. The molecular formula is C14H18ClNO3. The second kappa shape index (κ2) is 6.26. The third kappa shape index (κ3) is 3.39. The van der Waals surface area contributed by atoms with E-state index in [1.807, 2.05) is 0 Å². The average Bonchev–Trinajstić information content (AvgIpc) is 2.89. The van der Waals surface area contributed by atoms with Crippen LogP contribution in [-0.4, -0.2) is 40.5 Å². The fourth-order valence-electron chi connectivity index (χ4n) is 2.37. The summed E-state index contributed by atoms with van der Waals surface area (Å²) in [6.45, 7) is 3.16. The van der Waals surface area contributed by atoms with Crippen molar-refractivity contribution in [1.29, 1.82) is 0 Å². The highest BCUT2D eigenvalue weighted by atomic mass is 35.5. The Bertz CT molecular complexity index is 470. The monoisotopic (exact) mass is 283 g/mol. The molecule has 1 aromatic rings.